The van der Waals surface area contributed by atoms with Gasteiger partial charge in [-0.2, -0.15) is 0 Å². The topological polar surface area (TPSA) is 82.5 Å². The van der Waals surface area contributed by atoms with Crippen molar-refractivity contribution >= 4 is 22.6 Å². The molecule has 5 heteroatoms. The van der Waals surface area contributed by atoms with Gasteiger partial charge in [-0.25, -0.2) is 4.79 Å². The van der Waals surface area contributed by atoms with Gasteiger partial charge >= 0.3 is 5.97 Å². The van der Waals surface area contributed by atoms with E-state index in [4.69, 9.17) is 14.9 Å². The quantitative estimate of drug-likeness (QED) is 0.502. The molecule has 21 heavy (non-hydrogen) atoms. The summed E-state index contributed by atoms with van der Waals surface area (Å²) in [6.45, 7) is 2.44. The van der Waals surface area contributed by atoms with E-state index in [9.17, 15) is 9.59 Å². The highest BCUT2D eigenvalue weighted by Gasteiger charge is 2.13. The first-order chi connectivity index (χ1) is 10.1. The summed E-state index contributed by atoms with van der Waals surface area (Å²) in [4.78, 5) is 23.8. The lowest BCUT2D eigenvalue weighted by molar-refractivity contribution is 0.0462. The maximum atomic E-state index is 11.9. The van der Waals surface area contributed by atoms with Crippen molar-refractivity contribution in [1.29, 1.82) is 0 Å². The second-order valence-corrected chi connectivity index (χ2v) is 4.93. The molecular formula is C16H19NO4. The molecule has 0 radical (unpaired) electrons. The number of nitrogen functional groups attached to an aromatic ring is 1. The van der Waals surface area contributed by atoms with Gasteiger partial charge in [-0.1, -0.05) is 26.2 Å². The number of hydrogen-bond acceptors (Lipinski definition) is 5. The molecule has 0 saturated carbocycles. The van der Waals surface area contributed by atoms with Crippen LogP contribution in [0, 0.1) is 0 Å². The van der Waals surface area contributed by atoms with Crippen molar-refractivity contribution in [3.63, 3.8) is 0 Å². The van der Waals surface area contributed by atoms with Crippen LogP contribution in [0.25, 0.3) is 11.0 Å². The van der Waals surface area contributed by atoms with Crippen LogP contribution in [-0.4, -0.2) is 12.6 Å². The normalized spacial score (nSPS) is 10.7. The first-order valence-electron chi connectivity index (χ1n) is 7.12. The Labute approximate surface area is 122 Å². The molecule has 0 bridgehead atoms. The molecule has 0 spiro atoms. The van der Waals surface area contributed by atoms with Crippen LogP contribution in [0.5, 0.6) is 0 Å². The van der Waals surface area contributed by atoms with Gasteiger partial charge in [-0.15, -0.1) is 0 Å². The molecule has 1 aromatic carbocycles. The molecule has 112 valence electrons. The van der Waals surface area contributed by atoms with Crippen molar-refractivity contribution in [2.45, 2.75) is 32.6 Å². The van der Waals surface area contributed by atoms with Gasteiger partial charge in [-0.3, -0.25) is 4.79 Å². The van der Waals surface area contributed by atoms with E-state index in [1.54, 1.807) is 12.1 Å². The molecule has 2 rings (SSSR count). The van der Waals surface area contributed by atoms with Crippen LogP contribution in [-0.2, 0) is 4.74 Å². The minimum atomic E-state index is -0.618. The standard InChI is InChI=1S/C16H19NO4/c1-2-3-4-5-8-20-16(19)15-10-13(18)12-7-6-11(17)9-14(12)21-15/h6-7,9-10H,2-5,8,17H2,1H3. The molecule has 0 aliphatic rings. The zero-order valence-electron chi connectivity index (χ0n) is 12.1. The maximum Gasteiger partial charge on any atom is 0.374 e. The molecule has 0 amide bonds. The van der Waals surface area contributed by atoms with Crippen molar-refractivity contribution < 1.29 is 13.9 Å². The summed E-state index contributed by atoms with van der Waals surface area (Å²) in [5.41, 5.74) is 6.13. The fraction of sp³-hybridized carbons (Fsp3) is 0.375. The Morgan fingerprint density at radius 1 is 1.24 bits per heavy atom. The Morgan fingerprint density at radius 2 is 2.05 bits per heavy atom. The number of carbonyl (C=O) groups excluding carboxylic acids is 1. The minimum absolute atomic E-state index is 0.0893. The number of nitrogens with two attached hydrogens (primary N) is 1. The second-order valence-electron chi connectivity index (χ2n) is 4.93. The van der Waals surface area contributed by atoms with Gasteiger partial charge in [0.25, 0.3) is 0 Å². The Bertz CT molecular complexity index is 690. The number of anilines is 1. The van der Waals surface area contributed by atoms with Gasteiger partial charge in [-0.05, 0) is 18.6 Å². The van der Waals surface area contributed by atoms with E-state index < -0.39 is 5.97 Å². The van der Waals surface area contributed by atoms with Crippen LogP contribution < -0.4 is 11.2 Å². The number of rotatable bonds is 6. The lowest BCUT2D eigenvalue weighted by Crippen LogP contribution is -2.11. The van der Waals surface area contributed by atoms with Crippen molar-refractivity contribution in [1.82, 2.24) is 0 Å². The highest BCUT2D eigenvalue weighted by Crippen LogP contribution is 2.16. The zero-order valence-corrected chi connectivity index (χ0v) is 12.1. The van der Waals surface area contributed by atoms with Crippen LogP contribution in [0.1, 0.15) is 43.2 Å². The highest BCUT2D eigenvalue weighted by molar-refractivity contribution is 5.89. The maximum absolute atomic E-state index is 11.9. The molecule has 0 atom stereocenters. The average molecular weight is 289 g/mol. The number of hydrogen-bond donors (Lipinski definition) is 1. The summed E-state index contributed by atoms with van der Waals surface area (Å²) in [5.74, 6) is -0.707. The van der Waals surface area contributed by atoms with Crippen molar-refractivity contribution in [3.05, 3.63) is 40.2 Å². The summed E-state index contributed by atoms with van der Waals surface area (Å²) in [5, 5.41) is 0.392. The van der Waals surface area contributed by atoms with Gasteiger partial charge in [0.05, 0.1) is 12.0 Å². The molecule has 1 aromatic heterocycles. The fourth-order valence-corrected chi connectivity index (χ4v) is 2.04. The van der Waals surface area contributed by atoms with Crippen LogP contribution >= 0.6 is 0 Å². The monoisotopic (exact) mass is 289 g/mol. The molecule has 0 aliphatic carbocycles. The summed E-state index contributed by atoms with van der Waals surface area (Å²) in [7, 11) is 0. The first-order valence-corrected chi connectivity index (χ1v) is 7.12. The molecule has 2 aromatic rings. The van der Waals surface area contributed by atoms with E-state index in [-0.39, 0.29) is 11.2 Å². The van der Waals surface area contributed by atoms with E-state index in [0.29, 0.717) is 23.3 Å². The van der Waals surface area contributed by atoms with E-state index in [2.05, 4.69) is 6.92 Å². The van der Waals surface area contributed by atoms with Crippen LogP contribution in [0.15, 0.2) is 33.5 Å². The van der Waals surface area contributed by atoms with Gasteiger partial charge in [0.15, 0.2) is 5.43 Å². The molecule has 0 aliphatic heterocycles. The van der Waals surface area contributed by atoms with Crippen molar-refractivity contribution in [2.24, 2.45) is 0 Å². The summed E-state index contributed by atoms with van der Waals surface area (Å²) < 4.78 is 10.5. The first kappa shape index (κ1) is 15.1. The number of benzene rings is 1. The lowest BCUT2D eigenvalue weighted by atomic mass is 10.2. The summed E-state index contributed by atoms with van der Waals surface area (Å²) in [6, 6.07) is 5.88. The van der Waals surface area contributed by atoms with Crippen molar-refractivity contribution in [2.75, 3.05) is 12.3 Å². The summed E-state index contributed by atoms with van der Waals surface area (Å²) >= 11 is 0. The van der Waals surface area contributed by atoms with Gasteiger partial charge in [0.2, 0.25) is 5.76 Å². The zero-order chi connectivity index (χ0) is 15.2. The minimum Gasteiger partial charge on any atom is -0.460 e. The predicted octanol–water partition coefficient (Wildman–Crippen LogP) is 3.11. The molecule has 0 unspecified atom stereocenters. The van der Waals surface area contributed by atoms with Gasteiger partial charge < -0.3 is 14.9 Å². The Kier molecular flexibility index (Phi) is 4.98. The SMILES string of the molecule is CCCCCCOC(=O)c1cc(=O)c2ccc(N)cc2o1. The molecule has 0 saturated heterocycles. The number of carbonyl (C=O) groups is 1. The van der Waals surface area contributed by atoms with E-state index in [1.165, 1.54) is 6.07 Å². The number of ether oxygens (including phenoxy) is 1. The largest absolute Gasteiger partial charge is 0.460 e. The number of esters is 1. The highest BCUT2D eigenvalue weighted by atomic mass is 16.5. The second kappa shape index (κ2) is 6.92. The molecule has 2 N–H and O–H groups in total. The third-order valence-corrected chi connectivity index (χ3v) is 3.19. The van der Waals surface area contributed by atoms with Gasteiger partial charge in [0, 0.05) is 17.8 Å². The lowest BCUT2D eigenvalue weighted by Gasteiger charge is -2.05. The molecule has 5 nitrogen and oxygen atoms in total. The number of unbranched alkanes of at least 4 members (excludes halogenated alkanes) is 3. The molecular weight excluding hydrogens is 270 g/mol. The van der Waals surface area contributed by atoms with Crippen molar-refractivity contribution in [3.8, 4) is 0 Å². The average Bonchev–Trinajstić information content (AvgIpc) is 2.46. The predicted molar refractivity (Wildman–Crippen MR) is 81.3 cm³/mol. The van der Waals surface area contributed by atoms with E-state index >= 15 is 0 Å². The smallest absolute Gasteiger partial charge is 0.374 e. The Morgan fingerprint density at radius 3 is 2.81 bits per heavy atom. The molecule has 0 fully saturated rings. The van der Waals surface area contributed by atoms with Crippen LogP contribution in [0.4, 0.5) is 5.69 Å². The summed E-state index contributed by atoms with van der Waals surface area (Å²) in [6.07, 6.45) is 4.06. The van der Waals surface area contributed by atoms with Gasteiger partial charge in [0.1, 0.15) is 5.58 Å². The molecule has 1 heterocycles. The fourth-order valence-electron chi connectivity index (χ4n) is 2.04. The van der Waals surface area contributed by atoms with E-state index in [1.807, 2.05) is 0 Å². The van der Waals surface area contributed by atoms with Crippen LogP contribution in [0.2, 0.25) is 0 Å². The Balaban J connectivity index is 2.11. The van der Waals surface area contributed by atoms with Crippen LogP contribution in [0.3, 0.4) is 0 Å². The third-order valence-electron chi connectivity index (χ3n) is 3.19. The van der Waals surface area contributed by atoms with E-state index in [0.717, 1.165) is 31.7 Å². The Hall–Kier alpha value is -2.30. The number of fused-ring (bicyclic) bond motifs is 1. The third kappa shape index (κ3) is 3.84.